The topological polar surface area (TPSA) is 64.0 Å². The quantitative estimate of drug-likeness (QED) is 0.800. The van der Waals surface area contributed by atoms with Gasteiger partial charge in [0.25, 0.3) is 10.0 Å². The summed E-state index contributed by atoms with van der Waals surface area (Å²) < 4.78 is 29.4. The molecule has 0 radical (unpaired) electrons. The van der Waals surface area contributed by atoms with Crippen LogP contribution < -0.4 is 4.72 Å². The molecule has 5 nitrogen and oxygen atoms in total. The van der Waals surface area contributed by atoms with Gasteiger partial charge in [-0.1, -0.05) is 12.1 Å². The molecule has 1 heterocycles. The van der Waals surface area contributed by atoms with Crippen molar-refractivity contribution in [2.75, 3.05) is 4.72 Å². The lowest BCUT2D eigenvalue weighted by Gasteiger charge is -2.12. The van der Waals surface area contributed by atoms with E-state index in [0.717, 1.165) is 16.8 Å². The highest BCUT2D eigenvalue weighted by Crippen LogP contribution is 2.22. The highest BCUT2D eigenvalue weighted by atomic mass is 32.2. The van der Waals surface area contributed by atoms with Gasteiger partial charge in [0.15, 0.2) is 0 Å². The monoisotopic (exact) mass is 327 g/mol. The molecule has 0 unspecified atom stereocenters. The summed E-state index contributed by atoms with van der Waals surface area (Å²) in [4.78, 5) is 0.217. The number of sulfonamides is 1. The van der Waals surface area contributed by atoms with E-state index < -0.39 is 10.0 Å². The molecule has 118 valence electrons. The number of benzene rings is 2. The van der Waals surface area contributed by atoms with Crippen LogP contribution in [0.1, 0.15) is 11.1 Å². The van der Waals surface area contributed by atoms with E-state index in [1.165, 1.54) is 0 Å². The van der Waals surface area contributed by atoms with E-state index in [2.05, 4.69) is 9.82 Å². The summed E-state index contributed by atoms with van der Waals surface area (Å²) in [6, 6.07) is 14.0. The Kier molecular flexibility index (Phi) is 3.92. The van der Waals surface area contributed by atoms with Crippen LogP contribution in [0.5, 0.6) is 0 Å². The lowest BCUT2D eigenvalue weighted by molar-refractivity contribution is 0.601. The normalized spacial score (nSPS) is 11.4. The Labute approximate surface area is 135 Å². The highest BCUT2D eigenvalue weighted by molar-refractivity contribution is 7.92. The molecule has 0 saturated heterocycles. The Morgan fingerprint density at radius 3 is 2.39 bits per heavy atom. The molecular formula is C17H17N3O2S. The maximum absolute atomic E-state index is 12.5. The first-order chi connectivity index (χ1) is 11.0. The van der Waals surface area contributed by atoms with Crippen molar-refractivity contribution >= 4 is 15.7 Å². The van der Waals surface area contributed by atoms with Crippen LogP contribution in [-0.4, -0.2) is 18.2 Å². The van der Waals surface area contributed by atoms with Crippen LogP contribution in [0.3, 0.4) is 0 Å². The summed E-state index contributed by atoms with van der Waals surface area (Å²) in [6.07, 6.45) is 3.48. The van der Waals surface area contributed by atoms with Gasteiger partial charge in [0, 0.05) is 12.4 Å². The summed E-state index contributed by atoms with van der Waals surface area (Å²) >= 11 is 0. The predicted octanol–water partition coefficient (Wildman–Crippen LogP) is 3.29. The highest BCUT2D eigenvalue weighted by Gasteiger charge is 2.15. The van der Waals surface area contributed by atoms with Crippen LogP contribution in [0.4, 0.5) is 5.69 Å². The zero-order valence-electron chi connectivity index (χ0n) is 12.9. The third kappa shape index (κ3) is 3.12. The van der Waals surface area contributed by atoms with Crippen LogP contribution in [0.25, 0.3) is 5.69 Å². The minimum Gasteiger partial charge on any atom is -0.279 e. The fourth-order valence-electron chi connectivity index (χ4n) is 2.26. The minimum absolute atomic E-state index is 0.217. The molecule has 0 fully saturated rings. The van der Waals surface area contributed by atoms with E-state index >= 15 is 0 Å². The molecule has 0 saturated carbocycles. The van der Waals surface area contributed by atoms with Gasteiger partial charge in [-0.2, -0.15) is 5.10 Å². The molecule has 3 rings (SSSR count). The molecular weight excluding hydrogens is 310 g/mol. The molecule has 0 aliphatic carbocycles. The number of aromatic nitrogens is 2. The van der Waals surface area contributed by atoms with E-state index in [-0.39, 0.29) is 4.90 Å². The smallest absolute Gasteiger partial charge is 0.261 e. The number of anilines is 1. The first-order valence-corrected chi connectivity index (χ1v) is 8.65. The molecule has 23 heavy (non-hydrogen) atoms. The predicted molar refractivity (Wildman–Crippen MR) is 90.3 cm³/mol. The van der Waals surface area contributed by atoms with Crippen LogP contribution in [0, 0.1) is 13.8 Å². The number of hydrogen-bond acceptors (Lipinski definition) is 3. The SMILES string of the molecule is Cc1cccc(NS(=O)(=O)c2ccc(-n3cccn3)cc2)c1C. The number of aryl methyl sites for hydroxylation is 1. The number of hydrogen-bond donors (Lipinski definition) is 1. The van der Waals surface area contributed by atoms with Crippen molar-refractivity contribution in [3.63, 3.8) is 0 Å². The van der Waals surface area contributed by atoms with Crippen molar-refractivity contribution in [2.24, 2.45) is 0 Å². The second kappa shape index (κ2) is 5.89. The molecule has 0 spiro atoms. The van der Waals surface area contributed by atoms with Crippen molar-refractivity contribution in [2.45, 2.75) is 18.7 Å². The van der Waals surface area contributed by atoms with Crippen molar-refractivity contribution in [3.05, 3.63) is 72.1 Å². The third-order valence-corrected chi connectivity index (χ3v) is 5.15. The van der Waals surface area contributed by atoms with Crippen LogP contribution >= 0.6 is 0 Å². The van der Waals surface area contributed by atoms with Gasteiger partial charge in [-0.3, -0.25) is 4.72 Å². The van der Waals surface area contributed by atoms with E-state index in [9.17, 15) is 8.42 Å². The molecule has 0 bridgehead atoms. The minimum atomic E-state index is -3.62. The van der Waals surface area contributed by atoms with E-state index in [0.29, 0.717) is 5.69 Å². The number of rotatable bonds is 4. The molecule has 0 aliphatic rings. The Bertz CT molecular complexity index is 915. The maximum Gasteiger partial charge on any atom is 0.261 e. The van der Waals surface area contributed by atoms with Gasteiger partial charge in [0.1, 0.15) is 0 Å². The first kappa shape index (κ1) is 15.3. The van der Waals surface area contributed by atoms with Crippen molar-refractivity contribution < 1.29 is 8.42 Å². The molecule has 0 amide bonds. The molecule has 0 aliphatic heterocycles. The Morgan fingerprint density at radius 1 is 1.00 bits per heavy atom. The molecule has 1 aromatic heterocycles. The maximum atomic E-state index is 12.5. The first-order valence-electron chi connectivity index (χ1n) is 7.16. The lowest BCUT2D eigenvalue weighted by atomic mass is 10.1. The van der Waals surface area contributed by atoms with Gasteiger partial charge in [-0.05, 0) is 61.4 Å². The van der Waals surface area contributed by atoms with E-state index in [4.69, 9.17) is 0 Å². The van der Waals surface area contributed by atoms with Gasteiger partial charge < -0.3 is 0 Å². The summed E-state index contributed by atoms with van der Waals surface area (Å²) in [5, 5.41) is 4.12. The average molecular weight is 327 g/mol. The van der Waals surface area contributed by atoms with E-state index in [1.54, 1.807) is 47.4 Å². The zero-order valence-corrected chi connectivity index (χ0v) is 13.7. The molecule has 3 aromatic rings. The van der Waals surface area contributed by atoms with Crippen molar-refractivity contribution in [1.29, 1.82) is 0 Å². The van der Waals surface area contributed by atoms with Crippen molar-refractivity contribution in [1.82, 2.24) is 9.78 Å². The summed E-state index contributed by atoms with van der Waals surface area (Å²) in [7, 11) is -3.62. The third-order valence-electron chi connectivity index (χ3n) is 3.76. The number of nitrogens with one attached hydrogen (secondary N) is 1. The van der Waals surface area contributed by atoms with Crippen molar-refractivity contribution in [3.8, 4) is 5.69 Å². The number of nitrogens with zero attached hydrogens (tertiary/aromatic N) is 2. The van der Waals surface area contributed by atoms with Crippen LogP contribution in [0.15, 0.2) is 65.8 Å². The average Bonchev–Trinajstić information content (AvgIpc) is 3.06. The van der Waals surface area contributed by atoms with Crippen LogP contribution in [-0.2, 0) is 10.0 Å². The second-order valence-corrected chi connectivity index (χ2v) is 6.98. The van der Waals surface area contributed by atoms with Gasteiger partial charge in [0.05, 0.1) is 16.3 Å². The molecule has 1 N–H and O–H groups in total. The molecule has 2 aromatic carbocycles. The molecule has 6 heteroatoms. The Balaban J connectivity index is 1.89. The summed E-state index contributed by atoms with van der Waals surface area (Å²) in [6.45, 7) is 3.85. The summed E-state index contributed by atoms with van der Waals surface area (Å²) in [5.74, 6) is 0. The van der Waals surface area contributed by atoms with Gasteiger partial charge in [-0.15, -0.1) is 0 Å². The standard InChI is InChI=1S/C17H17N3O2S/c1-13-5-3-6-17(14(13)2)19-23(21,22)16-9-7-15(8-10-16)20-12-4-11-18-20/h3-12,19H,1-2H3. The fourth-order valence-corrected chi connectivity index (χ4v) is 3.39. The fraction of sp³-hybridized carbons (Fsp3) is 0.118. The zero-order chi connectivity index (χ0) is 16.4. The molecule has 0 atom stereocenters. The Morgan fingerprint density at radius 2 is 1.74 bits per heavy atom. The lowest BCUT2D eigenvalue weighted by Crippen LogP contribution is -2.14. The largest absolute Gasteiger partial charge is 0.279 e. The van der Waals surface area contributed by atoms with E-state index in [1.807, 2.05) is 32.0 Å². The van der Waals surface area contributed by atoms with Gasteiger partial charge >= 0.3 is 0 Å². The van der Waals surface area contributed by atoms with Gasteiger partial charge in [-0.25, -0.2) is 13.1 Å². The summed E-state index contributed by atoms with van der Waals surface area (Å²) in [5.41, 5.74) is 3.37. The van der Waals surface area contributed by atoms with Crippen LogP contribution in [0.2, 0.25) is 0 Å². The van der Waals surface area contributed by atoms with Gasteiger partial charge in [0.2, 0.25) is 0 Å². The second-order valence-electron chi connectivity index (χ2n) is 5.30. The Hall–Kier alpha value is -2.60.